The average Bonchev–Trinajstić information content (AvgIpc) is 3.50. The lowest BCUT2D eigenvalue weighted by molar-refractivity contribution is -0.135. The molecule has 3 aromatic rings. The SMILES string of the molecule is CCn1c(=O)/c(=C\Nc2cccc(N(C)C(=O)CN3CCc4ccccc43)c2)s/c1=C(/C#N)C(=O)NCC(F)(F)F. The van der Waals surface area contributed by atoms with Crippen LogP contribution in [0.4, 0.5) is 30.2 Å². The van der Waals surface area contributed by atoms with Crippen molar-refractivity contribution >= 4 is 52.0 Å². The van der Waals surface area contributed by atoms with E-state index in [2.05, 4.69) is 11.4 Å². The van der Waals surface area contributed by atoms with E-state index < -0.39 is 29.8 Å². The Labute approximate surface area is 237 Å². The van der Waals surface area contributed by atoms with Crippen molar-refractivity contribution in [3.63, 3.8) is 0 Å². The number of carbonyl (C=O) groups is 2. The summed E-state index contributed by atoms with van der Waals surface area (Å²) in [6.45, 7) is 1.11. The Morgan fingerprint density at radius 2 is 1.95 bits per heavy atom. The van der Waals surface area contributed by atoms with Crippen LogP contribution < -0.4 is 35.2 Å². The summed E-state index contributed by atoms with van der Waals surface area (Å²) >= 11 is 0.813. The highest BCUT2D eigenvalue weighted by Crippen LogP contribution is 2.27. The lowest BCUT2D eigenvalue weighted by Crippen LogP contribution is -2.37. The maximum absolute atomic E-state index is 13.1. The van der Waals surface area contributed by atoms with Crippen LogP contribution in [-0.2, 0) is 22.6 Å². The predicted molar refractivity (Wildman–Crippen MR) is 152 cm³/mol. The highest BCUT2D eigenvalue weighted by Gasteiger charge is 2.29. The van der Waals surface area contributed by atoms with Crippen LogP contribution in [0.5, 0.6) is 0 Å². The summed E-state index contributed by atoms with van der Waals surface area (Å²) in [6, 6.07) is 16.6. The first-order chi connectivity index (χ1) is 19.5. The van der Waals surface area contributed by atoms with Crippen molar-refractivity contribution in [3.8, 4) is 6.07 Å². The van der Waals surface area contributed by atoms with E-state index in [9.17, 15) is 32.8 Å². The molecule has 0 spiro atoms. The van der Waals surface area contributed by atoms with Crippen molar-refractivity contribution in [2.24, 2.45) is 0 Å². The summed E-state index contributed by atoms with van der Waals surface area (Å²) in [5, 5.41) is 14.1. The minimum absolute atomic E-state index is 0.0460. The molecule has 9 nitrogen and oxygen atoms in total. The second-order valence-corrected chi connectivity index (χ2v) is 10.2. The van der Waals surface area contributed by atoms with Crippen LogP contribution in [0.25, 0.3) is 11.8 Å². The lowest BCUT2D eigenvalue weighted by Gasteiger charge is -2.24. The summed E-state index contributed by atoms with van der Waals surface area (Å²) in [7, 11) is 1.68. The fraction of sp³-hybridized carbons (Fsp3) is 0.286. The number of nitriles is 1. The average molecular weight is 585 g/mol. The van der Waals surface area contributed by atoms with Gasteiger partial charge in [-0.25, -0.2) is 0 Å². The highest BCUT2D eigenvalue weighted by molar-refractivity contribution is 7.07. The topological polar surface area (TPSA) is 110 Å². The van der Waals surface area contributed by atoms with Crippen LogP contribution in [0.1, 0.15) is 12.5 Å². The van der Waals surface area contributed by atoms with Crippen LogP contribution in [0, 0.1) is 11.3 Å². The van der Waals surface area contributed by atoms with E-state index in [1.165, 1.54) is 11.8 Å². The molecule has 2 amide bonds. The van der Waals surface area contributed by atoms with E-state index in [0.717, 1.165) is 34.6 Å². The number of alkyl halides is 3. The number of carbonyl (C=O) groups excluding carboxylic acids is 2. The number of benzene rings is 2. The molecule has 2 heterocycles. The van der Waals surface area contributed by atoms with E-state index in [0.29, 0.717) is 11.4 Å². The van der Waals surface area contributed by atoms with Crippen molar-refractivity contribution in [1.29, 1.82) is 5.26 Å². The summed E-state index contributed by atoms with van der Waals surface area (Å²) < 4.78 is 38.8. The molecule has 1 aromatic heterocycles. The van der Waals surface area contributed by atoms with Gasteiger partial charge in [-0.2, -0.15) is 18.4 Å². The van der Waals surface area contributed by atoms with Gasteiger partial charge in [0, 0.05) is 43.4 Å². The zero-order valence-corrected chi connectivity index (χ0v) is 23.1. The van der Waals surface area contributed by atoms with Crippen LogP contribution >= 0.6 is 11.3 Å². The Morgan fingerprint density at radius 1 is 1.20 bits per heavy atom. The van der Waals surface area contributed by atoms with Crippen LogP contribution in [0.3, 0.4) is 0 Å². The van der Waals surface area contributed by atoms with Gasteiger partial charge in [0.15, 0.2) is 5.57 Å². The minimum Gasteiger partial charge on any atom is -0.362 e. The molecule has 0 unspecified atom stereocenters. The number of anilines is 3. The van der Waals surface area contributed by atoms with E-state index in [1.807, 2.05) is 23.1 Å². The molecule has 4 rings (SSSR count). The molecule has 41 heavy (non-hydrogen) atoms. The first kappa shape index (κ1) is 29.4. The van der Waals surface area contributed by atoms with Crippen LogP contribution in [0.2, 0.25) is 0 Å². The first-order valence-electron chi connectivity index (χ1n) is 12.7. The van der Waals surface area contributed by atoms with Gasteiger partial charge >= 0.3 is 6.18 Å². The van der Waals surface area contributed by atoms with Crippen molar-refractivity contribution in [2.75, 3.05) is 41.8 Å². The molecule has 1 aliphatic heterocycles. The second kappa shape index (κ2) is 12.3. The Hall–Kier alpha value is -4.57. The van der Waals surface area contributed by atoms with Gasteiger partial charge in [0.25, 0.3) is 11.5 Å². The summed E-state index contributed by atoms with van der Waals surface area (Å²) in [5.74, 6) is -1.31. The van der Waals surface area contributed by atoms with Gasteiger partial charge in [0.1, 0.15) is 21.8 Å². The monoisotopic (exact) mass is 584 g/mol. The fourth-order valence-electron chi connectivity index (χ4n) is 4.39. The number of para-hydroxylation sites is 1. The number of fused-ring (bicyclic) bond motifs is 1. The number of hydrogen-bond donors (Lipinski definition) is 2. The number of nitrogens with one attached hydrogen (secondary N) is 2. The van der Waals surface area contributed by atoms with Crippen molar-refractivity contribution < 1.29 is 22.8 Å². The van der Waals surface area contributed by atoms with Crippen molar-refractivity contribution in [1.82, 2.24) is 9.88 Å². The van der Waals surface area contributed by atoms with Crippen molar-refractivity contribution in [3.05, 3.63) is 73.6 Å². The number of rotatable bonds is 8. The maximum atomic E-state index is 13.1. The van der Waals surface area contributed by atoms with Gasteiger partial charge in [0.2, 0.25) is 5.91 Å². The molecular formula is C28H27F3N6O3S. The molecule has 1 aliphatic rings. The molecule has 0 radical (unpaired) electrons. The Balaban J connectivity index is 1.54. The first-order valence-corrected chi connectivity index (χ1v) is 13.5. The van der Waals surface area contributed by atoms with Crippen LogP contribution in [-0.4, -0.2) is 49.2 Å². The normalized spacial score (nSPS) is 13.9. The minimum atomic E-state index is -4.65. The Kier molecular flexibility index (Phi) is 8.83. The van der Waals surface area contributed by atoms with Crippen LogP contribution in [0.15, 0.2) is 53.3 Å². The molecule has 0 bridgehead atoms. The largest absolute Gasteiger partial charge is 0.405 e. The van der Waals surface area contributed by atoms with Gasteiger partial charge in [-0.15, -0.1) is 11.3 Å². The second-order valence-electron chi connectivity index (χ2n) is 9.20. The zero-order chi connectivity index (χ0) is 29.7. The molecule has 13 heteroatoms. The van der Waals surface area contributed by atoms with Gasteiger partial charge < -0.3 is 20.4 Å². The number of likely N-dealkylation sites (N-methyl/N-ethyl adjacent to an activating group) is 1. The van der Waals surface area contributed by atoms with Crippen molar-refractivity contribution in [2.45, 2.75) is 26.1 Å². The van der Waals surface area contributed by atoms with E-state index in [-0.39, 0.29) is 28.2 Å². The van der Waals surface area contributed by atoms with E-state index >= 15 is 0 Å². The van der Waals surface area contributed by atoms with Gasteiger partial charge in [-0.05, 0) is 43.2 Å². The number of hydrogen-bond acceptors (Lipinski definition) is 7. The molecule has 0 saturated carbocycles. The third-order valence-electron chi connectivity index (χ3n) is 6.51. The summed E-state index contributed by atoms with van der Waals surface area (Å²) in [6.07, 6.45) is -2.36. The molecule has 214 valence electrons. The molecule has 0 aliphatic carbocycles. The Morgan fingerprint density at radius 3 is 2.66 bits per heavy atom. The predicted octanol–water partition coefficient (Wildman–Crippen LogP) is 2.16. The highest BCUT2D eigenvalue weighted by atomic mass is 32.1. The zero-order valence-electron chi connectivity index (χ0n) is 22.3. The smallest absolute Gasteiger partial charge is 0.362 e. The van der Waals surface area contributed by atoms with Gasteiger partial charge in [-0.3, -0.25) is 19.0 Å². The van der Waals surface area contributed by atoms with E-state index in [4.69, 9.17) is 0 Å². The lowest BCUT2D eigenvalue weighted by atomic mass is 10.2. The third kappa shape index (κ3) is 6.78. The fourth-order valence-corrected chi connectivity index (χ4v) is 5.48. The number of nitrogens with zero attached hydrogens (tertiary/aromatic N) is 4. The molecule has 2 aromatic carbocycles. The summed E-state index contributed by atoms with van der Waals surface area (Å²) in [4.78, 5) is 41.9. The molecule has 2 N–H and O–H groups in total. The molecule has 0 fully saturated rings. The number of thiazole rings is 1. The van der Waals surface area contributed by atoms with Gasteiger partial charge in [-0.1, -0.05) is 24.3 Å². The molecule has 0 saturated heterocycles. The third-order valence-corrected chi connectivity index (χ3v) is 7.64. The number of halogens is 3. The quantitative estimate of drug-likeness (QED) is 0.420. The van der Waals surface area contributed by atoms with Gasteiger partial charge in [0.05, 0.1) is 6.54 Å². The number of aromatic nitrogens is 1. The number of amides is 2. The van der Waals surface area contributed by atoms with E-state index in [1.54, 1.807) is 54.5 Å². The Bertz CT molecular complexity index is 1690. The standard InChI is InChI=1S/C28H27F3N6O3S/c1-3-37-26(40)23(41-27(37)21(14-32)25(39)34-17-28(29,30)31)15-33-19-8-6-9-20(13-19)35(2)24(38)16-36-12-11-18-7-4-5-10-22(18)36/h4-10,13,15,33H,3,11-12,16-17H2,1-2H3,(H,34,39)/b23-15+,27-21-. The summed E-state index contributed by atoms with van der Waals surface area (Å²) in [5.41, 5.74) is 2.37. The molecular weight excluding hydrogens is 557 g/mol. The maximum Gasteiger partial charge on any atom is 0.405 e. The molecule has 0 atom stereocenters.